The lowest BCUT2D eigenvalue weighted by Gasteiger charge is -2.08. The molecule has 31 heavy (non-hydrogen) atoms. The molecule has 0 saturated carbocycles. The fraction of sp³-hybridized carbons (Fsp3) is 0.130. The zero-order valence-corrected chi connectivity index (χ0v) is 16.4. The van der Waals surface area contributed by atoms with Crippen LogP contribution in [0.25, 0.3) is 22.2 Å². The molecule has 0 unspecified atom stereocenters. The maximum absolute atomic E-state index is 12.5. The second-order valence-corrected chi connectivity index (χ2v) is 7.33. The number of nitrogens with zero attached hydrogens (tertiary/aromatic N) is 1. The Bertz CT molecular complexity index is 1420. The van der Waals surface area contributed by atoms with Gasteiger partial charge in [0.1, 0.15) is 11.4 Å². The molecule has 4 aromatic rings. The second kappa shape index (κ2) is 7.56. The number of aromatic amines is 2. The molecular formula is C23H18N4O4. The van der Waals surface area contributed by atoms with E-state index < -0.39 is 11.2 Å². The van der Waals surface area contributed by atoms with Crippen molar-refractivity contribution in [1.29, 1.82) is 0 Å². The summed E-state index contributed by atoms with van der Waals surface area (Å²) in [6, 6.07) is 15.6. The number of benzene rings is 2. The first kappa shape index (κ1) is 18.8. The highest BCUT2D eigenvalue weighted by Crippen LogP contribution is 2.30. The van der Waals surface area contributed by atoms with E-state index >= 15 is 0 Å². The number of fused-ring (bicyclic) bond motifs is 2. The molecule has 1 aliphatic rings. The third-order valence-corrected chi connectivity index (χ3v) is 5.28. The highest BCUT2D eigenvalue weighted by Gasteiger charge is 2.13. The molecule has 154 valence electrons. The van der Waals surface area contributed by atoms with Gasteiger partial charge in [-0.05, 0) is 40.5 Å². The van der Waals surface area contributed by atoms with E-state index in [0.717, 1.165) is 35.5 Å². The summed E-state index contributed by atoms with van der Waals surface area (Å²) in [5.74, 6) is 0.599. The smallest absolute Gasteiger partial charge is 0.327 e. The fourth-order valence-electron chi connectivity index (χ4n) is 3.64. The van der Waals surface area contributed by atoms with Crippen molar-refractivity contribution in [2.75, 3.05) is 6.61 Å². The van der Waals surface area contributed by atoms with Crippen LogP contribution in [-0.4, -0.2) is 27.5 Å². The molecule has 0 bridgehead atoms. The van der Waals surface area contributed by atoms with E-state index in [0.29, 0.717) is 6.54 Å². The van der Waals surface area contributed by atoms with Crippen molar-refractivity contribution in [3.63, 3.8) is 0 Å². The fourth-order valence-corrected chi connectivity index (χ4v) is 3.64. The Balaban J connectivity index is 1.29. The zero-order valence-electron chi connectivity index (χ0n) is 16.4. The molecule has 8 nitrogen and oxygen atoms in total. The standard InChI is InChI=1S/C23H18N4O4/c28-21(17-10-18-20(24-12-17)26-23(30)27-22(18)29)25-11-13-1-3-14(4-2-13)15-5-6-19-16(9-15)7-8-31-19/h1-6,9-10,12H,7-8,11H2,(H,25,28)(H2,24,26,27,29,30). The summed E-state index contributed by atoms with van der Waals surface area (Å²) >= 11 is 0. The van der Waals surface area contributed by atoms with Crippen LogP contribution in [0.3, 0.4) is 0 Å². The number of aromatic nitrogens is 3. The SMILES string of the molecule is O=C(NCc1ccc(-c2ccc3c(c2)CCO3)cc1)c1cnc2[nH]c(=O)[nH]c(=O)c2c1. The van der Waals surface area contributed by atoms with Crippen molar-refractivity contribution in [3.05, 3.63) is 92.3 Å². The van der Waals surface area contributed by atoms with Gasteiger partial charge in [0.2, 0.25) is 0 Å². The van der Waals surface area contributed by atoms with Gasteiger partial charge in [-0.15, -0.1) is 0 Å². The second-order valence-electron chi connectivity index (χ2n) is 7.33. The maximum Gasteiger partial charge on any atom is 0.327 e. The van der Waals surface area contributed by atoms with Gasteiger partial charge in [-0.2, -0.15) is 0 Å². The first-order valence-corrected chi connectivity index (χ1v) is 9.82. The minimum Gasteiger partial charge on any atom is -0.493 e. The summed E-state index contributed by atoms with van der Waals surface area (Å²) in [5, 5.41) is 2.97. The molecule has 3 heterocycles. The van der Waals surface area contributed by atoms with E-state index in [9.17, 15) is 14.4 Å². The lowest BCUT2D eigenvalue weighted by Crippen LogP contribution is -2.25. The van der Waals surface area contributed by atoms with Gasteiger partial charge in [-0.3, -0.25) is 19.6 Å². The zero-order chi connectivity index (χ0) is 21.4. The van der Waals surface area contributed by atoms with Crippen molar-refractivity contribution in [2.24, 2.45) is 0 Å². The molecule has 1 aliphatic heterocycles. The van der Waals surface area contributed by atoms with Crippen molar-refractivity contribution >= 4 is 16.9 Å². The van der Waals surface area contributed by atoms with Crippen molar-refractivity contribution in [1.82, 2.24) is 20.3 Å². The van der Waals surface area contributed by atoms with Crippen LogP contribution in [0.4, 0.5) is 0 Å². The molecule has 0 radical (unpaired) electrons. The number of hydrogen-bond acceptors (Lipinski definition) is 5. The van der Waals surface area contributed by atoms with Gasteiger partial charge in [-0.1, -0.05) is 30.3 Å². The Morgan fingerprint density at radius 2 is 1.84 bits per heavy atom. The molecule has 0 aliphatic carbocycles. The predicted octanol–water partition coefficient (Wildman–Crippen LogP) is 2.14. The topological polar surface area (TPSA) is 117 Å². The van der Waals surface area contributed by atoms with Crippen LogP contribution in [0.5, 0.6) is 5.75 Å². The summed E-state index contributed by atoms with van der Waals surface area (Å²) in [7, 11) is 0. The van der Waals surface area contributed by atoms with Crippen LogP contribution in [0, 0.1) is 0 Å². The molecular weight excluding hydrogens is 396 g/mol. The average Bonchev–Trinajstić information content (AvgIpc) is 3.25. The van der Waals surface area contributed by atoms with Crippen LogP contribution in [0.15, 0.2) is 64.3 Å². The van der Waals surface area contributed by atoms with E-state index in [2.05, 4.69) is 26.3 Å². The van der Waals surface area contributed by atoms with E-state index in [1.807, 2.05) is 36.4 Å². The quantitative estimate of drug-likeness (QED) is 0.473. The lowest BCUT2D eigenvalue weighted by molar-refractivity contribution is 0.0950. The maximum atomic E-state index is 12.5. The molecule has 0 fully saturated rings. The molecule has 1 amide bonds. The van der Waals surface area contributed by atoms with Crippen LogP contribution in [0.2, 0.25) is 0 Å². The van der Waals surface area contributed by atoms with E-state index in [1.54, 1.807) is 0 Å². The number of ether oxygens (including phenoxy) is 1. The van der Waals surface area contributed by atoms with E-state index in [1.165, 1.54) is 17.8 Å². The third kappa shape index (κ3) is 3.71. The summed E-state index contributed by atoms with van der Waals surface area (Å²) in [6.07, 6.45) is 2.26. The number of carbonyl (C=O) groups is 1. The van der Waals surface area contributed by atoms with E-state index in [-0.39, 0.29) is 22.5 Å². The highest BCUT2D eigenvalue weighted by molar-refractivity contribution is 5.96. The summed E-state index contributed by atoms with van der Waals surface area (Å²) in [4.78, 5) is 44.3. The van der Waals surface area contributed by atoms with E-state index in [4.69, 9.17) is 4.74 Å². The molecule has 2 aromatic carbocycles. The molecule has 0 spiro atoms. The summed E-state index contributed by atoms with van der Waals surface area (Å²) in [5.41, 5.74) is 3.54. The lowest BCUT2D eigenvalue weighted by atomic mass is 10.0. The Kier molecular flexibility index (Phi) is 4.59. The Hall–Kier alpha value is -4.20. The Morgan fingerprint density at radius 3 is 2.68 bits per heavy atom. The summed E-state index contributed by atoms with van der Waals surface area (Å²) in [6.45, 7) is 1.06. The normalized spacial score (nSPS) is 12.4. The van der Waals surface area contributed by atoms with Crippen LogP contribution >= 0.6 is 0 Å². The minimum absolute atomic E-state index is 0.138. The predicted molar refractivity (Wildman–Crippen MR) is 115 cm³/mol. The van der Waals surface area contributed by atoms with Gasteiger partial charge in [0.05, 0.1) is 17.6 Å². The molecule has 0 atom stereocenters. The molecule has 3 N–H and O–H groups in total. The van der Waals surface area contributed by atoms with Crippen LogP contribution in [0.1, 0.15) is 21.5 Å². The number of H-pyrrole nitrogens is 2. The van der Waals surface area contributed by atoms with Crippen molar-refractivity contribution < 1.29 is 9.53 Å². The Morgan fingerprint density at radius 1 is 1.03 bits per heavy atom. The number of hydrogen-bond donors (Lipinski definition) is 3. The number of pyridine rings is 1. The van der Waals surface area contributed by atoms with Gasteiger partial charge < -0.3 is 10.1 Å². The average molecular weight is 414 g/mol. The number of rotatable bonds is 4. The third-order valence-electron chi connectivity index (χ3n) is 5.28. The van der Waals surface area contributed by atoms with Gasteiger partial charge in [0, 0.05) is 19.2 Å². The molecule has 0 saturated heterocycles. The number of carbonyl (C=O) groups excluding carboxylic acids is 1. The van der Waals surface area contributed by atoms with Crippen LogP contribution < -0.4 is 21.3 Å². The largest absolute Gasteiger partial charge is 0.493 e. The van der Waals surface area contributed by atoms with Crippen LogP contribution in [-0.2, 0) is 13.0 Å². The molecule has 5 rings (SSSR count). The Labute approximate surface area is 175 Å². The van der Waals surface area contributed by atoms with Gasteiger partial charge in [-0.25, -0.2) is 9.78 Å². The monoisotopic (exact) mass is 414 g/mol. The molecule has 8 heteroatoms. The van der Waals surface area contributed by atoms with Gasteiger partial charge in [0.15, 0.2) is 0 Å². The number of nitrogens with one attached hydrogen (secondary N) is 3. The summed E-state index contributed by atoms with van der Waals surface area (Å²) < 4.78 is 5.56. The first-order valence-electron chi connectivity index (χ1n) is 9.82. The van der Waals surface area contributed by atoms with Crippen molar-refractivity contribution in [2.45, 2.75) is 13.0 Å². The van der Waals surface area contributed by atoms with Crippen molar-refractivity contribution in [3.8, 4) is 16.9 Å². The minimum atomic E-state index is -0.640. The number of amides is 1. The van der Waals surface area contributed by atoms with Gasteiger partial charge >= 0.3 is 5.69 Å². The first-order chi connectivity index (χ1) is 15.1. The molecule has 2 aromatic heterocycles. The highest BCUT2D eigenvalue weighted by atomic mass is 16.5. The van der Waals surface area contributed by atoms with Gasteiger partial charge in [0.25, 0.3) is 11.5 Å².